The van der Waals surface area contributed by atoms with Gasteiger partial charge in [-0.1, -0.05) is 42.5 Å². The quantitative estimate of drug-likeness (QED) is 0.737. The highest BCUT2D eigenvalue weighted by molar-refractivity contribution is 5.97. The summed E-state index contributed by atoms with van der Waals surface area (Å²) in [6, 6.07) is 14.4. The zero-order valence-electron chi connectivity index (χ0n) is 14.1. The topological polar surface area (TPSA) is 63.7 Å². The van der Waals surface area contributed by atoms with E-state index >= 15 is 0 Å². The number of hydrogen-bond donors (Lipinski definition) is 0. The van der Waals surface area contributed by atoms with Gasteiger partial charge < -0.3 is 4.74 Å². The third-order valence-corrected chi connectivity index (χ3v) is 4.29. The van der Waals surface area contributed by atoms with Crippen LogP contribution in [-0.2, 0) is 9.53 Å². The van der Waals surface area contributed by atoms with Crippen LogP contribution in [0.15, 0.2) is 54.6 Å². The minimum Gasteiger partial charge on any atom is -0.446 e. The molecule has 0 bridgehead atoms. The monoisotopic (exact) mass is 355 g/mol. The standard InChI is InChI=1S/C20H18FNO4/c21-16-10-5-4-9-15(16)18(23)11-6-12-19(24)22-17(13-26-20(22)25)14-7-2-1-3-8-14/h1-5,7-10,17H,6,11-13H2/t17-/m1/s1. The summed E-state index contributed by atoms with van der Waals surface area (Å²) in [4.78, 5) is 37.6. The maximum absolute atomic E-state index is 13.6. The fourth-order valence-electron chi connectivity index (χ4n) is 2.96. The van der Waals surface area contributed by atoms with Crippen LogP contribution in [0.2, 0.25) is 0 Å². The van der Waals surface area contributed by atoms with Crippen molar-refractivity contribution in [2.24, 2.45) is 0 Å². The lowest BCUT2D eigenvalue weighted by Gasteiger charge is -2.19. The molecule has 2 amide bonds. The summed E-state index contributed by atoms with van der Waals surface area (Å²) in [7, 11) is 0. The van der Waals surface area contributed by atoms with E-state index in [1.807, 2.05) is 30.3 Å². The van der Waals surface area contributed by atoms with E-state index in [1.54, 1.807) is 6.07 Å². The third-order valence-electron chi connectivity index (χ3n) is 4.29. The molecule has 5 nitrogen and oxygen atoms in total. The van der Waals surface area contributed by atoms with Gasteiger partial charge in [-0.25, -0.2) is 14.1 Å². The Morgan fingerprint density at radius 1 is 1.04 bits per heavy atom. The molecule has 1 atom stereocenters. The molecule has 0 saturated carbocycles. The minimum atomic E-state index is -0.677. The molecule has 1 fully saturated rings. The van der Waals surface area contributed by atoms with Crippen molar-refractivity contribution in [2.75, 3.05) is 6.61 Å². The zero-order valence-corrected chi connectivity index (χ0v) is 14.1. The summed E-state index contributed by atoms with van der Waals surface area (Å²) in [5, 5.41) is 0. The van der Waals surface area contributed by atoms with Crippen molar-refractivity contribution in [2.45, 2.75) is 25.3 Å². The third kappa shape index (κ3) is 3.79. The zero-order chi connectivity index (χ0) is 18.5. The number of ether oxygens (including phenoxy) is 1. The van der Waals surface area contributed by atoms with E-state index in [0.717, 1.165) is 10.5 Å². The van der Waals surface area contributed by atoms with Crippen LogP contribution in [0, 0.1) is 5.82 Å². The first-order chi connectivity index (χ1) is 12.6. The molecule has 0 spiro atoms. The lowest BCUT2D eigenvalue weighted by Crippen LogP contribution is -2.34. The molecule has 134 valence electrons. The number of carbonyl (C=O) groups excluding carboxylic acids is 3. The summed E-state index contributed by atoms with van der Waals surface area (Å²) in [6.07, 6.45) is -0.397. The van der Waals surface area contributed by atoms with Gasteiger partial charge in [-0.15, -0.1) is 0 Å². The normalized spacial score (nSPS) is 16.4. The first kappa shape index (κ1) is 17.8. The SMILES string of the molecule is O=C(CCCC(=O)N1C(=O)OC[C@@H]1c1ccccc1)c1ccccc1F. The van der Waals surface area contributed by atoms with Crippen LogP contribution >= 0.6 is 0 Å². The number of cyclic esters (lactones) is 1. The molecular formula is C20H18FNO4. The summed E-state index contributed by atoms with van der Waals surface area (Å²) < 4.78 is 18.6. The molecule has 1 aliphatic rings. The Balaban J connectivity index is 1.59. The molecule has 0 aliphatic carbocycles. The Kier molecular flexibility index (Phi) is 5.41. The molecule has 1 saturated heterocycles. The van der Waals surface area contributed by atoms with Gasteiger partial charge in [0.05, 0.1) is 5.56 Å². The van der Waals surface area contributed by atoms with Gasteiger partial charge in [-0.05, 0) is 24.1 Å². The van der Waals surface area contributed by atoms with Crippen LogP contribution in [-0.4, -0.2) is 29.3 Å². The Bertz CT molecular complexity index is 822. The minimum absolute atomic E-state index is 0.0125. The van der Waals surface area contributed by atoms with E-state index in [4.69, 9.17) is 4.74 Å². The van der Waals surface area contributed by atoms with Crippen LogP contribution in [0.3, 0.4) is 0 Å². The maximum atomic E-state index is 13.6. The molecule has 26 heavy (non-hydrogen) atoms. The molecule has 0 unspecified atom stereocenters. The summed E-state index contributed by atoms with van der Waals surface area (Å²) in [5.41, 5.74) is 0.830. The van der Waals surface area contributed by atoms with Gasteiger partial charge in [0.2, 0.25) is 5.91 Å². The number of carbonyl (C=O) groups is 3. The highest BCUT2D eigenvalue weighted by Crippen LogP contribution is 2.28. The summed E-state index contributed by atoms with van der Waals surface area (Å²) >= 11 is 0. The number of imide groups is 1. The van der Waals surface area contributed by atoms with E-state index in [-0.39, 0.29) is 37.2 Å². The van der Waals surface area contributed by atoms with Crippen LogP contribution in [0.4, 0.5) is 9.18 Å². The summed E-state index contributed by atoms with van der Waals surface area (Å²) in [6.45, 7) is 0.114. The largest absolute Gasteiger partial charge is 0.446 e. The van der Waals surface area contributed by atoms with E-state index in [2.05, 4.69) is 0 Å². The van der Waals surface area contributed by atoms with Crippen LogP contribution in [0.25, 0.3) is 0 Å². The number of Topliss-reactive ketones (excluding diaryl/α,β-unsaturated/α-hetero) is 1. The lowest BCUT2D eigenvalue weighted by atomic mass is 10.0. The predicted molar refractivity (Wildman–Crippen MR) is 92.0 cm³/mol. The highest BCUT2D eigenvalue weighted by atomic mass is 19.1. The van der Waals surface area contributed by atoms with Gasteiger partial charge >= 0.3 is 6.09 Å². The fourth-order valence-corrected chi connectivity index (χ4v) is 2.96. The summed E-state index contributed by atoms with van der Waals surface area (Å²) in [5.74, 6) is -1.33. The average molecular weight is 355 g/mol. The molecule has 1 aliphatic heterocycles. The Labute approximate surface area is 150 Å². The lowest BCUT2D eigenvalue weighted by molar-refractivity contribution is -0.129. The molecule has 0 radical (unpaired) electrons. The van der Waals surface area contributed by atoms with Gasteiger partial charge in [-0.3, -0.25) is 9.59 Å². The second-order valence-corrected chi connectivity index (χ2v) is 6.02. The van der Waals surface area contributed by atoms with Crippen molar-refractivity contribution in [3.8, 4) is 0 Å². The van der Waals surface area contributed by atoms with E-state index in [9.17, 15) is 18.8 Å². The maximum Gasteiger partial charge on any atom is 0.417 e. The van der Waals surface area contributed by atoms with Gasteiger partial charge in [0.15, 0.2) is 5.78 Å². The molecule has 1 heterocycles. The van der Waals surface area contributed by atoms with Crippen LogP contribution in [0.1, 0.15) is 41.2 Å². The van der Waals surface area contributed by atoms with E-state index < -0.39 is 23.9 Å². The number of halogens is 1. The Morgan fingerprint density at radius 2 is 1.73 bits per heavy atom. The molecule has 6 heteroatoms. The number of ketones is 1. The number of nitrogens with zero attached hydrogens (tertiary/aromatic N) is 1. The smallest absolute Gasteiger partial charge is 0.417 e. The molecule has 0 N–H and O–H groups in total. The predicted octanol–water partition coefficient (Wildman–Crippen LogP) is 3.90. The first-order valence-corrected chi connectivity index (χ1v) is 8.39. The van der Waals surface area contributed by atoms with Crippen molar-refractivity contribution in [1.29, 1.82) is 0 Å². The Morgan fingerprint density at radius 3 is 2.46 bits per heavy atom. The molecule has 2 aromatic carbocycles. The van der Waals surface area contributed by atoms with Crippen molar-refractivity contribution in [3.05, 3.63) is 71.5 Å². The van der Waals surface area contributed by atoms with Crippen molar-refractivity contribution >= 4 is 17.8 Å². The number of hydrogen-bond acceptors (Lipinski definition) is 4. The molecule has 0 aromatic heterocycles. The highest BCUT2D eigenvalue weighted by Gasteiger charge is 2.38. The average Bonchev–Trinajstić information content (AvgIpc) is 3.04. The number of rotatable bonds is 6. The van der Waals surface area contributed by atoms with Crippen molar-refractivity contribution < 1.29 is 23.5 Å². The van der Waals surface area contributed by atoms with Crippen LogP contribution in [0.5, 0.6) is 0 Å². The van der Waals surface area contributed by atoms with Gasteiger partial charge in [0, 0.05) is 12.8 Å². The second kappa shape index (κ2) is 7.91. The number of benzene rings is 2. The fraction of sp³-hybridized carbons (Fsp3) is 0.250. The molecular weight excluding hydrogens is 337 g/mol. The van der Waals surface area contributed by atoms with Crippen molar-refractivity contribution in [3.63, 3.8) is 0 Å². The van der Waals surface area contributed by atoms with Crippen molar-refractivity contribution in [1.82, 2.24) is 4.90 Å². The second-order valence-electron chi connectivity index (χ2n) is 6.02. The molecule has 3 rings (SSSR count). The first-order valence-electron chi connectivity index (χ1n) is 8.39. The van der Waals surface area contributed by atoms with E-state index in [0.29, 0.717) is 0 Å². The molecule has 2 aromatic rings. The van der Waals surface area contributed by atoms with Gasteiger partial charge in [-0.2, -0.15) is 0 Å². The number of amides is 2. The van der Waals surface area contributed by atoms with Crippen LogP contribution < -0.4 is 0 Å². The Hall–Kier alpha value is -3.02. The van der Waals surface area contributed by atoms with E-state index in [1.165, 1.54) is 18.2 Å². The van der Waals surface area contributed by atoms with Gasteiger partial charge in [0.25, 0.3) is 0 Å². The van der Waals surface area contributed by atoms with Gasteiger partial charge in [0.1, 0.15) is 18.5 Å².